The summed E-state index contributed by atoms with van der Waals surface area (Å²) in [7, 11) is 0. The number of hydrogen-bond acceptors (Lipinski definition) is 5. The van der Waals surface area contributed by atoms with Crippen molar-refractivity contribution in [3.05, 3.63) is 59.9 Å². The molecule has 21 heavy (non-hydrogen) atoms. The summed E-state index contributed by atoms with van der Waals surface area (Å²) < 4.78 is 0. The first-order chi connectivity index (χ1) is 10.3. The topological polar surface area (TPSA) is 75.3 Å². The highest BCUT2D eigenvalue weighted by Crippen LogP contribution is 2.33. The number of benzene rings is 1. The van der Waals surface area contributed by atoms with Crippen LogP contribution in [0.5, 0.6) is 0 Å². The van der Waals surface area contributed by atoms with Crippen LogP contribution in [-0.4, -0.2) is 19.9 Å². The first-order valence-corrected chi connectivity index (χ1v) is 6.44. The summed E-state index contributed by atoms with van der Waals surface area (Å²) in [4.78, 5) is 16.1. The van der Waals surface area contributed by atoms with Crippen molar-refractivity contribution in [2.75, 3.05) is 0 Å². The molecular weight excluding hydrogens is 286 g/mol. The summed E-state index contributed by atoms with van der Waals surface area (Å²) in [6, 6.07) is 9.14. The van der Waals surface area contributed by atoms with Gasteiger partial charge in [0.25, 0.3) is 0 Å². The second-order valence-electron chi connectivity index (χ2n) is 4.18. The lowest BCUT2D eigenvalue weighted by Crippen LogP contribution is -1.92. The van der Waals surface area contributed by atoms with Crippen LogP contribution in [0.4, 0.5) is 0 Å². The van der Waals surface area contributed by atoms with Gasteiger partial charge in [0.2, 0.25) is 0 Å². The van der Waals surface area contributed by atoms with Gasteiger partial charge < -0.3 is 0 Å². The maximum Gasteiger partial charge on any atom is 0.116 e. The maximum atomic E-state index is 9.39. The van der Waals surface area contributed by atoms with E-state index in [9.17, 15) is 5.26 Å². The molecule has 0 N–H and O–H groups in total. The van der Waals surface area contributed by atoms with Gasteiger partial charge in [0.1, 0.15) is 12.7 Å². The Morgan fingerprint density at radius 1 is 0.952 bits per heavy atom. The summed E-state index contributed by atoms with van der Waals surface area (Å²) in [5, 5.41) is 9.84. The number of hydrogen-bond donors (Lipinski definition) is 0. The predicted octanol–water partition coefficient (Wildman–Crippen LogP) is 3.13. The standard InChI is InChI=1S/C15H8ClN5/c16-12-6-10(13-1-3-18-8-20-13)5-11(7-17)15(12)14-2-4-19-9-21-14/h1-6,8-9H. The fourth-order valence-electron chi connectivity index (χ4n) is 2.00. The van der Waals surface area contributed by atoms with Gasteiger partial charge in [-0.3, -0.25) is 0 Å². The Balaban J connectivity index is 2.19. The molecule has 0 atom stereocenters. The first kappa shape index (κ1) is 13.2. The molecule has 6 heteroatoms. The molecule has 0 aliphatic heterocycles. The van der Waals surface area contributed by atoms with Gasteiger partial charge >= 0.3 is 0 Å². The lowest BCUT2D eigenvalue weighted by molar-refractivity contribution is 1.17. The number of nitrogens with zero attached hydrogens (tertiary/aromatic N) is 5. The van der Waals surface area contributed by atoms with Gasteiger partial charge in [0.15, 0.2) is 0 Å². The molecule has 0 aliphatic rings. The Bertz CT molecular complexity index is 813. The van der Waals surface area contributed by atoms with Crippen molar-refractivity contribution in [1.82, 2.24) is 19.9 Å². The van der Waals surface area contributed by atoms with Gasteiger partial charge in [-0.2, -0.15) is 5.26 Å². The summed E-state index contributed by atoms with van der Waals surface area (Å²) in [5.41, 5.74) is 3.12. The lowest BCUT2D eigenvalue weighted by atomic mass is 10.0. The molecule has 1 aromatic carbocycles. The Hall–Kier alpha value is -2.84. The van der Waals surface area contributed by atoms with Crippen molar-refractivity contribution in [1.29, 1.82) is 5.26 Å². The van der Waals surface area contributed by atoms with Gasteiger partial charge in [0.05, 0.1) is 28.0 Å². The van der Waals surface area contributed by atoms with Gasteiger partial charge in [-0.25, -0.2) is 19.9 Å². The molecule has 0 saturated heterocycles. The van der Waals surface area contributed by atoms with Crippen molar-refractivity contribution < 1.29 is 0 Å². The zero-order valence-electron chi connectivity index (χ0n) is 10.7. The SMILES string of the molecule is N#Cc1cc(-c2ccncn2)cc(Cl)c1-c1ccncn1. The Morgan fingerprint density at radius 3 is 2.19 bits per heavy atom. The molecule has 0 aliphatic carbocycles. The summed E-state index contributed by atoms with van der Waals surface area (Å²) >= 11 is 6.34. The Labute approximate surface area is 125 Å². The number of aromatic nitrogens is 4. The molecule has 0 bridgehead atoms. The molecule has 3 aromatic rings. The third-order valence-electron chi connectivity index (χ3n) is 2.93. The second-order valence-corrected chi connectivity index (χ2v) is 4.59. The Morgan fingerprint density at radius 2 is 1.62 bits per heavy atom. The van der Waals surface area contributed by atoms with Crippen LogP contribution in [0.2, 0.25) is 5.02 Å². The van der Waals surface area contributed by atoms with E-state index < -0.39 is 0 Å². The number of rotatable bonds is 2. The van der Waals surface area contributed by atoms with Gasteiger partial charge in [-0.15, -0.1) is 0 Å². The Kier molecular flexibility index (Phi) is 3.54. The van der Waals surface area contributed by atoms with Crippen LogP contribution in [0.25, 0.3) is 22.5 Å². The normalized spacial score (nSPS) is 10.1. The van der Waals surface area contributed by atoms with Crippen molar-refractivity contribution >= 4 is 11.6 Å². The predicted molar refractivity (Wildman–Crippen MR) is 78.2 cm³/mol. The van der Waals surface area contributed by atoms with E-state index in [0.29, 0.717) is 27.5 Å². The van der Waals surface area contributed by atoms with E-state index in [-0.39, 0.29) is 0 Å². The van der Waals surface area contributed by atoms with E-state index in [2.05, 4.69) is 26.0 Å². The van der Waals surface area contributed by atoms with E-state index >= 15 is 0 Å². The van der Waals surface area contributed by atoms with E-state index in [4.69, 9.17) is 11.6 Å². The molecule has 5 nitrogen and oxygen atoms in total. The van der Waals surface area contributed by atoms with Gasteiger partial charge in [-0.1, -0.05) is 11.6 Å². The molecule has 0 amide bonds. The molecule has 0 radical (unpaired) electrons. The van der Waals surface area contributed by atoms with Crippen LogP contribution in [0.15, 0.2) is 49.3 Å². The minimum absolute atomic E-state index is 0.440. The second kappa shape index (κ2) is 5.65. The fraction of sp³-hybridized carbons (Fsp3) is 0. The van der Waals surface area contributed by atoms with Crippen molar-refractivity contribution in [2.45, 2.75) is 0 Å². The summed E-state index contributed by atoms with van der Waals surface area (Å²) in [6.07, 6.45) is 6.12. The van der Waals surface area contributed by atoms with E-state index in [0.717, 1.165) is 5.56 Å². The van der Waals surface area contributed by atoms with E-state index in [1.807, 2.05) is 0 Å². The molecule has 3 rings (SSSR count). The van der Waals surface area contributed by atoms with E-state index in [1.165, 1.54) is 12.7 Å². The third-order valence-corrected chi connectivity index (χ3v) is 3.22. The smallest absolute Gasteiger partial charge is 0.116 e. The minimum atomic E-state index is 0.440. The average molecular weight is 294 g/mol. The van der Waals surface area contributed by atoms with Crippen LogP contribution < -0.4 is 0 Å². The van der Waals surface area contributed by atoms with Crippen molar-refractivity contribution in [3.8, 4) is 28.6 Å². The molecule has 100 valence electrons. The largest absolute Gasteiger partial charge is 0.245 e. The quantitative estimate of drug-likeness (QED) is 0.725. The monoisotopic (exact) mass is 293 g/mol. The highest BCUT2D eigenvalue weighted by Gasteiger charge is 2.14. The average Bonchev–Trinajstić information content (AvgIpc) is 2.55. The molecule has 2 heterocycles. The third kappa shape index (κ3) is 2.57. The van der Waals surface area contributed by atoms with Crippen molar-refractivity contribution in [3.63, 3.8) is 0 Å². The summed E-state index contributed by atoms with van der Waals surface area (Å²) in [5.74, 6) is 0. The van der Waals surface area contributed by atoms with Crippen LogP contribution in [0.3, 0.4) is 0 Å². The molecule has 0 saturated carbocycles. The van der Waals surface area contributed by atoms with Crippen LogP contribution in [0, 0.1) is 11.3 Å². The zero-order chi connectivity index (χ0) is 14.7. The number of halogens is 1. The highest BCUT2D eigenvalue weighted by molar-refractivity contribution is 6.33. The van der Waals surface area contributed by atoms with E-state index in [1.54, 1.807) is 36.7 Å². The molecular formula is C15H8ClN5. The molecule has 0 unspecified atom stereocenters. The summed E-state index contributed by atoms with van der Waals surface area (Å²) in [6.45, 7) is 0. The first-order valence-electron chi connectivity index (χ1n) is 6.06. The number of nitriles is 1. The minimum Gasteiger partial charge on any atom is -0.245 e. The molecule has 0 fully saturated rings. The van der Waals surface area contributed by atoms with Crippen LogP contribution in [-0.2, 0) is 0 Å². The van der Waals surface area contributed by atoms with Crippen LogP contribution >= 0.6 is 11.6 Å². The van der Waals surface area contributed by atoms with Crippen molar-refractivity contribution in [2.24, 2.45) is 0 Å². The van der Waals surface area contributed by atoms with Crippen LogP contribution in [0.1, 0.15) is 5.56 Å². The maximum absolute atomic E-state index is 9.39. The fourth-order valence-corrected chi connectivity index (χ4v) is 2.32. The van der Waals surface area contributed by atoms with Gasteiger partial charge in [0, 0.05) is 23.5 Å². The molecule has 2 aromatic heterocycles. The highest BCUT2D eigenvalue weighted by atomic mass is 35.5. The zero-order valence-corrected chi connectivity index (χ0v) is 11.5. The lowest BCUT2D eigenvalue weighted by Gasteiger charge is -2.09. The van der Waals surface area contributed by atoms with Gasteiger partial charge in [-0.05, 0) is 24.3 Å². The molecule has 0 spiro atoms.